The van der Waals surface area contributed by atoms with Gasteiger partial charge in [-0.05, 0) is 6.42 Å². The second kappa shape index (κ2) is 5.23. The number of piperidine rings is 1. The molecule has 0 radical (unpaired) electrons. The molecular formula is C10H15F2NO3. The number of likely N-dealkylation sites (tertiary alicyclic amines) is 1. The number of ether oxygens (including phenoxy) is 1. The van der Waals surface area contributed by atoms with Crippen molar-refractivity contribution in [1.82, 2.24) is 4.90 Å². The third-order valence-electron chi connectivity index (χ3n) is 2.39. The minimum atomic E-state index is -3.43. The first-order valence-electron chi connectivity index (χ1n) is 5.30. The van der Waals surface area contributed by atoms with Crippen LogP contribution in [0.4, 0.5) is 13.6 Å². The van der Waals surface area contributed by atoms with Crippen molar-refractivity contribution in [2.75, 3.05) is 19.7 Å². The molecule has 0 aliphatic carbocycles. The monoisotopic (exact) mass is 235 g/mol. The molecule has 0 aromatic rings. The number of halogens is 2. The minimum absolute atomic E-state index is 0.0133. The summed E-state index contributed by atoms with van der Waals surface area (Å²) in [6.07, 6.45) is 0.493. The zero-order valence-corrected chi connectivity index (χ0v) is 9.17. The first-order chi connectivity index (χ1) is 7.47. The maximum atomic E-state index is 13.0. The van der Waals surface area contributed by atoms with E-state index in [-0.39, 0.29) is 19.6 Å². The predicted octanol–water partition coefficient (Wildman–Crippen LogP) is 1.83. The summed E-state index contributed by atoms with van der Waals surface area (Å²) >= 11 is 0. The van der Waals surface area contributed by atoms with Crippen molar-refractivity contribution in [3.8, 4) is 0 Å². The highest BCUT2D eigenvalue weighted by Crippen LogP contribution is 2.23. The summed E-state index contributed by atoms with van der Waals surface area (Å²) in [6.45, 7) is 1.31. The lowest BCUT2D eigenvalue weighted by Crippen LogP contribution is -2.51. The van der Waals surface area contributed by atoms with Gasteiger partial charge in [0.25, 0.3) is 0 Å². The molecule has 1 fully saturated rings. The molecule has 1 saturated heterocycles. The fourth-order valence-corrected chi connectivity index (χ4v) is 1.38. The van der Waals surface area contributed by atoms with Gasteiger partial charge in [0.1, 0.15) is 0 Å². The number of alkyl halides is 2. The summed E-state index contributed by atoms with van der Waals surface area (Å²) in [4.78, 5) is 23.0. The Morgan fingerprint density at radius 3 is 2.81 bits per heavy atom. The number of hydrogen-bond acceptors (Lipinski definition) is 3. The lowest BCUT2D eigenvalue weighted by molar-refractivity contribution is -0.150. The van der Waals surface area contributed by atoms with Crippen LogP contribution in [0.25, 0.3) is 0 Å². The van der Waals surface area contributed by atoms with Crippen LogP contribution in [0, 0.1) is 0 Å². The number of amides is 1. The van der Waals surface area contributed by atoms with Gasteiger partial charge in [0.15, 0.2) is 0 Å². The van der Waals surface area contributed by atoms with Crippen molar-refractivity contribution >= 4 is 11.9 Å². The van der Waals surface area contributed by atoms with E-state index < -0.39 is 24.3 Å². The van der Waals surface area contributed by atoms with E-state index in [0.717, 1.165) is 11.3 Å². The molecule has 0 atom stereocenters. The van der Waals surface area contributed by atoms with Crippen molar-refractivity contribution in [2.45, 2.75) is 32.1 Å². The van der Waals surface area contributed by atoms with Crippen LogP contribution in [-0.2, 0) is 9.53 Å². The molecule has 1 amide bonds. The second-order valence-corrected chi connectivity index (χ2v) is 3.77. The Labute approximate surface area is 92.5 Å². The number of ketones is 1. The molecule has 0 unspecified atom stereocenters. The molecule has 0 spiro atoms. The quantitative estimate of drug-likeness (QED) is 0.701. The molecule has 0 N–H and O–H groups in total. The summed E-state index contributed by atoms with van der Waals surface area (Å²) < 4.78 is 30.8. The molecular weight excluding hydrogens is 220 g/mol. The molecule has 92 valence electrons. The fourth-order valence-electron chi connectivity index (χ4n) is 1.38. The van der Waals surface area contributed by atoms with Crippen molar-refractivity contribution in [2.24, 2.45) is 0 Å². The number of rotatable bonds is 3. The van der Waals surface area contributed by atoms with Crippen LogP contribution in [-0.4, -0.2) is 42.4 Å². The van der Waals surface area contributed by atoms with E-state index in [1.54, 1.807) is 0 Å². The van der Waals surface area contributed by atoms with Crippen LogP contribution in [0.3, 0.4) is 0 Å². The normalized spacial score (nSPS) is 19.7. The van der Waals surface area contributed by atoms with Crippen LogP contribution in [0.1, 0.15) is 26.2 Å². The number of carbonyl (C=O) groups excluding carboxylic acids is 2. The van der Waals surface area contributed by atoms with Gasteiger partial charge < -0.3 is 9.64 Å². The molecule has 0 saturated carbocycles. The Morgan fingerprint density at radius 1 is 1.56 bits per heavy atom. The number of unbranched alkanes of at least 4 members (excludes halogenated alkanes) is 1. The molecule has 6 heteroatoms. The predicted molar refractivity (Wildman–Crippen MR) is 52.4 cm³/mol. The maximum absolute atomic E-state index is 13.0. The molecule has 1 aliphatic rings. The van der Waals surface area contributed by atoms with Crippen LogP contribution in [0.5, 0.6) is 0 Å². The van der Waals surface area contributed by atoms with E-state index in [0.29, 0.717) is 6.42 Å². The summed E-state index contributed by atoms with van der Waals surface area (Å²) in [5, 5.41) is 0. The van der Waals surface area contributed by atoms with Gasteiger partial charge in [0.05, 0.1) is 13.2 Å². The summed E-state index contributed by atoms with van der Waals surface area (Å²) in [5.74, 6) is -4.53. The lowest BCUT2D eigenvalue weighted by atomic mass is 10.1. The highest BCUT2D eigenvalue weighted by molar-refractivity contribution is 5.88. The third kappa shape index (κ3) is 3.15. The largest absolute Gasteiger partial charge is 0.449 e. The van der Waals surface area contributed by atoms with Crippen LogP contribution in [0.2, 0.25) is 0 Å². The molecule has 4 nitrogen and oxygen atoms in total. The Balaban J connectivity index is 2.43. The van der Waals surface area contributed by atoms with Crippen molar-refractivity contribution < 1.29 is 23.1 Å². The minimum Gasteiger partial charge on any atom is -0.449 e. The summed E-state index contributed by atoms with van der Waals surface area (Å²) in [7, 11) is 0. The maximum Gasteiger partial charge on any atom is 0.409 e. The Hall–Kier alpha value is -1.20. The average molecular weight is 235 g/mol. The van der Waals surface area contributed by atoms with Gasteiger partial charge in [-0.25, -0.2) is 4.79 Å². The van der Waals surface area contributed by atoms with Crippen LogP contribution >= 0.6 is 0 Å². The van der Waals surface area contributed by atoms with Crippen molar-refractivity contribution in [1.29, 1.82) is 0 Å². The van der Waals surface area contributed by atoms with E-state index in [2.05, 4.69) is 0 Å². The highest BCUT2D eigenvalue weighted by atomic mass is 19.3. The van der Waals surface area contributed by atoms with Crippen LogP contribution < -0.4 is 0 Å². The lowest BCUT2D eigenvalue weighted by Gasteiger charge is -2.30. The number of hydrogen-bond donors (Lipinski definition) is 0. The van der Waals surface area contributed by atoms with E-state index >= 15 is 0 Å². The number of carbonyl (C=O) groups is 2. The first kappa shape index (κ1) is 12.9. The van der Waals surface area contributed by atoms with Gasteiger partial charge in [-0.3, -0.25) is 4.79 Å². The van der Waals surface area contributed by atoms with E-state index in [1.807, 2.05) is 6.92 Å². The highest BCUT2D eigenvalue weighted by Gasteiger charge is 2.45. The molecule has 1 aliphatic heterocycles. The van der Waals surface area contributed by atoms with E-state index in [4.69, 9.17) is 4.74 Å². The van der Waals surface area contributed by atoms with Gasteiger partial charge >= 0.3 is 12.0 Å². The number of nitrogens with zero attached hydrogens (tertiary/aromatic N) is 1. The summed E-state index contributed by atoms with van der Waals surface area (Å²) in [6, 6.07) is 0. The third-order valence-corrected chi connectivity index (χ3v) is 2.39. The van der Waals surface area contributed by atoms with E-state index in [1.165, 1.54) is 0 Å². The van der Waals surface area contributed by atoms with Crippen molar-refractivity contribution in [3.63, 3.8) is 0 Å². The van der Waals surface area contributed by atoms with Crippen molar-refractivity contribution in [3.05, 3.63) is 0 Å². The molecule has 1 rings (SSSR count). The Kier molecular flexibility index (Phi) is 4.20. The van der Waals surface area contributed by atoms with Gasteiger partial charge in [0.2, 0.25) is 5.78 Å². The SMILES string of the molecule is CCCCOC(=O)N1CCC(=O)C(F)(F)C1. The van der Waals surface area contributed by atoms with Gasteiger partial charge in [0, 0.05) is 13.0 Å². The molecule has 0 aromatic carbocycles. The molecule has 16 heavy (non-hydrogen) atoms. The Morgan fingerprint density at radius 2 is 2.25 bits per heavy atom. The molecule has 0 aromatic heterocycles. The topological polar surface area (TPSA) is 46.6 Å². The Bertz CT molecular complexity index is 281. The zero-order chi connectivity index (χ0) is 12.2. The van der Waals surface area contributed by atoms with Gasteiger partial charge in [-0.15, -0.1) is 0 Å². The second-order valence-electron chi connectivity index (χ2n) is 3.77. The first-order valence-corrected chi connectivity index (χ1v) is 5.30. The van der Waals surface area contributed by atoms with E-state index in [9.17, 15) is 18.4 Å². The zero-order valence-electron chi connectivity index (χ0n) is 9.17. The number of Topliss-reactive ketones (excluding diaryl/α,β-unsaturated/α-hetero) is 1. The van der Waals surface area contributed by atoms with Gasteiger partial charge in [-0.1, -0.05) is 13.3 Å². The average Bonchev–Trinajstić information content (AvgIpc) is 2.22. The smallest absolute Gasteiger partial charge is 0.409 e. The van der Waals surface area contributed by atoms with Crippen LogP contribution in [0.15, 0.2) is 0 Å². The molecule has 0 bridgehead atoms. The fraction of sp³-hybridized carbons (Fsp3) is 0.800. The summed E-state index contributed by atoms with van der Waals surface area (Å²) in [5.41, 5.74) is 0. The molecule has 1 heterocycles. The van der Waals surface area contributed by atoms with Gasteiger partial charge in [-0.2, -0.15) is 8.78 Å². The standard InChI is InChI=1S/C10H15F2NO3/c1-2-3-6-16-9(15)13-5-4-8(14)10(11,12)7-13/h2-7H2,1H3.